The average Bonchev–Trinajstić information content (AvgIpc) is 2.74. The summed E-state index contributed by atoms with van der Waals surface area (Å²) in [7, 11) is 0. The van der Waals surface area contributed by atoms with Gasteiger partial charge < -0.3 is 5.32 Å². The highest BCUT2D eigenvalue weighted by Crippen LogP contribution is 2.29. The van der Waals surface area contributed by atoms with Gasteiger partial charge in [-0.1, -0.05) is 36.0 Å². The van der Waals surface area contributed by atoms with Crippen molar-refractivity contribution in [2.45, 2.75) is 30.1 Å². The van der Waals surface area contributed by atoms with Crippen molar-refractivity contribution in [3.05, 3.63) is 93.9 Å². The lowest BCUT2D eigenvalue weighted by molar-refractivity contribution is -0.115. The number of fused-ring (bicyclic) bond motifs is 1. The number of carbonyl (C=O) groups is 1. The van der Waals surface area contributed by atoms with E-state index in [1.54, 1.807) is 30.0 Å². The van der Waals surface area contributed by atoms with E-state index < -0.39 is 0 Å². The Hall–Kier alpha value is -3.38. The number of aromatic amines is 1. The van der Waals surface area contributed by atoms with E-state index >= 15 is 0 Å². The van der Waals surface area contributed by atoms with Crippen molar-refractivity contribution < 1.29 is 4.79 Å². The molecule has 0 atom stereocenters. The van der Waals surface area contributed by atoms with Crippen LogP contribution < -0.4 is 10.9 Å². The molecule has 0 spiro atoms. The number of anilines is 1. The predicted octanol–water partition coefficient (Wildman–Crippen LogP) is 4.87. The van der Waals surface area contributed by atoms with Gasteiger partial charge in [0.05, 0.1) is 17.5 Å². The summed E-state index contributed by atoms with van der Waals surface area (Å²) in [6, 6.07) is 21.3. The van der Waals surface area contributed by atoms with Crippen molar-refractivity contribution in [1.29, 1.82) is 0 Å². The van der Waals surface area contributed by atoms with Gasteiger partial charge in [-0.15, -0.1) is 0 Å². The Morgan fingerprint density at radius 2 is 1.63 bits per heavy atom. The molecular formula is C24H21N3O2S. The van der Waals surface area contributed by atoms with E-state index in [-0.39, 0.29) is 17.9 Å². The fourth-order valence-electron chi connectivity index (χ4n) is 3.18. The minimum atomic E-state index is -0.258. The molecule has 6 heteroatoms. The van der Waals surface area contributed by atoms with Crippen LogP contribution in [0.3, 0.4) is 0 Å². The van der Waals surface area contributed by atoms with Crippen LogP contribution >= 0.6 is 11.8 Å². The second kappa shape index (κ2) is 8.55. The zero-order valence-corrected chi connectivity index (χ0v) is 17.5. The van der Waals surface area contributed by atoms with Crippen molar-refractivity contribution in [2.75, 3.05) is 5.32 Å². The molecule has 1 amide bonds. The fraction of sp³-hybridized carbons (Fsp3) is 0.125. The molecule has 2 N–H and O–H groups in total. The molecule has 0 saturated carbocycles. The van der Waals surface area contributed by atoms with Gasteiger partial charge >= 0.3 is 0 Å². The van der Waals surface area contributed by atoms with E-state index in [4.69, 9.17) is 0 Å². The standard InChI is InChI=1S/C24H21N3O2S/c1-15-7-10-19(13-16(15)2)30-18-11-8-17(9-12-18)25-23(28)14-22-20-5-3-4-6-21(20)24(29)27-26-22/h3-13H,14H2,1-2H3,(H,25,28)(H,27,29). The molecule has 0 aliphatic rings. The number of nitrogens with one attached hydrogen (secondary N) is 2. The molecule has 1 heterocycles. The van der Waals surface area contributed by atoms with Gasteiger partial charge in [0.25, 0.3) is 5.56 Å². The first-order valence-electron chi connectivity index (χ1n) is 9.61. The van der Waals surface area contributed by atoms with Crippen LogP contribution in [0.5, 0.6) is 0 Å². The lowest BCUT2D eigenvalue weighted by atomic mass is 10.1. The molecule has 0 aliphatic carbocycles. The molecule has 4 rings (SSSR count). The van der Waals surface area contributed by atoms with E-state index in [9.17, 15) is 9.59 Å². The molecule has 30 heavy (non-hydrogen) atoms. The second-order valence-corrected chi connectivity index (χ2v) is 8.29. The van der Waals surface area contributed by atoms with Gasteiger partial charge in [-0.3, -0.25) is 9.59 Å². The molecule has 3 aromatic carbocycles. The summed E-state index contributed by atoms with van der Waals surface area (Å²) in [5.74, 6) is -0.186. The minimum absolute atomic E-state index is 0.0798. The van der Waals surface area contributed by atoms with Crippen molar-refractivity contribution in [2.24, 2.45) is 0 Å². The number of amides is 1. The predicted molar refractivity (Wildman–Crippen MR) is 121 cm³/mol. The van der Waals surface area contributed by atoms with E-state index in [1.807, 2.05) is 30.3 Å². The third kappa shape index (κ3) is 4.44. The third-order valence-corrected chi connectivity index (χ3v) is 5.95. The van der Waals surface area contributed by atoms with Gasteiger partial charge in [-0.05, 0) is 67.4 Å². The van der Waals surface area contributed by atoms with Crippen LogP contribution in [0.25, 0.3) is 10.8 Å². The average molecular weight is 416 g/mol. The molecule has 0 unspecified atom stereocenters. The van der Waals surface area contributed by atoms with E-state index in [2.05, 4.69) is 47.6 Å². The molecule has 0 bridgehead atoms. The number of carbonyl (C=O) groups excluding carboxylic acids is 1. The molecule has 4 aromatic rings. The molecule has 5 nitrogen and oxygen atoms in total. The van der Waals surface area contributed by atoms with Crippen LogP contribution in [0.1, 0.15) is 16.8 Å². The first kappa shape index (κ1) is 19.9. The Balaban J connectivity index is 1.43. The maximum Gasteiger partial charge on any atom is 0.272 e. The largest absolute Gasteiger partial charge is 0.326 e. The Kier molecular flexibility index (Phi) is 5.68. The van der Waals surface area contributed by atoms with Crippen LogP contribution in [0.2, 0.25) is 0 Å². The molecule has 0 radical (unpaired) electrons. The highest BCUT2D eigenvalue weighted by atomic mass is 32.2. The lowest BCUT2D eigenvalue weighted by Gasteiger charge is -2.08. The summed E-state index contributed by atoms with van der Waals surface area (Å²) in [5.41, 5.74) is 3.56. The number of H-pyrrole nitrogens is 1. The van der Waals surface area contributed by atoms with Crippen molar-refractivity contribution >= 4 is 34.1 Å². The highest BCUT2D eigenvalue weighted by Gasteiger charge is 2.11. The van der Waals surface area contributed by atoms with E-state index in [0.717, 1.165) is 10.6 Å². The summed E-state index contributed by atoms with van der Waals surface area (Å²) in [6.07, 6.45) is 0.0798. The summed E-state index contributed by atoms with van der Waals surface area (Å²) in [5, 5.41) is 10.6. The summed E-state index contributed by atoms with van der Waals surface area (Å²) in [4.78, 5) is 26.7. The number of rotatable bonds is 5. The number of hydrogen-bond donors (Lipinski definition) is 2. The van der Waals surface area contributed by atoms with Gasteiger partial charge in [0.15, 0.2) is 0 Å². The third-order valence-electron chi connectivity index (χ3n) is 4.96. The minimum Gasteiger partial charge on any atom is -0.326 e. The zero-order valence-electron chi connectivity index (χ0n) is 16.7. The first-order chi connectivity index (χ1) is 14.5. The fourth-order valence-corrected chi connectivity index (χ4v) is 4.10. The van der Waals surface area contributed by atoms with Crippen LogP contribution in [0.15, 0.2) is 81.3 Å². The molecule has 0 saturated heterocycles. The topological polar surface area (TPSA) is 74.8 Å². The van der Waals surface area contributed by atoms with Crippen molar-refractivity contribution in [1.82, 2.24) is 10.2 Å². The molecule has 1 aromatic heterocycles. The molecule has 0 aliphatic heterocycles. The van der Waals surface area contributed by atoms with Gasteiger partial charge in [0.1, 0.15) is 0 Å². The Morgan fingerprint density at radius 3 is 2.37 bits per heavy atom. The van der Waals surface area contributed by atoms with E-state index in [1.165, 1.54) is 16.0 Å². The maximum absolute atomic E-state index is 12.5. The quantitative estimate of drug-likeness (QED) is 0.488. The van der Waals surface area contributed by atoms with Crippen LogP contribution in [0.4, 0.5) is 5.69 Å². The first-order valence-corrected chi connectivity index (χ1v) is 10.4. The Labute approximate surface area is 178 Å². The Morgan fingerprint density at radius 1 is 0.933 bits per heavy atom. The maximum atomic E-state index is 12.5. The van der Waals surface area contributed by atoms with Gasteiger partial charge in [-0.25, -0.2) is 5.10 Å². The van der Waals surface area contributed by atoms with Crippen LogP contribution in [0, 0.1) is 13.8 Å². The number of benzene rings is 3. The lowest BCUT2D eigenvalue weighted by Crippen LogP contribution is -2.18. The SMILES string of the molecule is Cc1ccc(Sc2ccc(NC(=O)Cc3n[nH]c(=O)c4ccccc34)cc2)cc1C. The Bertz CT molecular complexity index is 1280. The number of aryl methyl sites for hydroxylation is 2. The van der Waals surface area contributed by atoms with Crippen molar-refractivity contribution in [3.63, 3.8) is 0 Å². The number of hydrogen-bond acceptors (Lipinski definition) is 4. The summed E-state index contributed by atoms with van der Waals surface area (Å²) >= 11 is 1.69. The monoisotopic (exact) mass is 415 g/mol. The van der Waals surface area contributed by atoms with Gasteiger partial charge in [-0.2, -0.15) is 5.10 Å². The van der Waals surface area contributed by atoms with Gasteiger partial charge in [0, 0.05) is 20.9 Å². The van der Waals surface area contributed by atoms with Crippen molar-refractivity contribution in [3.8, 4) is 0 Å². The molecule has 150 valence electrons. The number of nitrogens with zero attached hydrogens (tertiary/aromatic N) is 1. The van der Waals surface area contributed by atoms with Crippen LogP contribution in [-0.4, -0.2) is 16.1 Å². The molecule has 0 fully saturated rings. The van der Waals surface area contributed by atoms with Gasteiger partial charge in [0.2, 0.25) is 5.91 Å². The van der Waals surface area contributed by atoms with E-state index in [0.29, 0.717) is 16.5 Å². The smallest absolute Gasteiger partial charge is 0.272 e. The number of aromatic nitrogens is 2. The second-order valence-electron chi connectivity index (χ2n) is 7.14. The summed E-state index contributed by atoms with van der Waals surface area (Å²) in [6.45, 7) is 4.21. The van der Waals surface area contributed by atoms with Crippen LogP contribution in [-0.2, 0) is 11.2 Å². The summed E-state index contributed by atoms with van der Waals surface area (Å²) < 4.78 is 0. The molecular weight excluding hydrogens is 394 g/mol. The highest BCUT2D eigenvalue weighted by molar-refractivity contribution is 7.99. The zero-order chi connectivity index (χ0) is 21.1. The normalized spacial score (nSPS) is 10.9.